The molecule has 0 atom stereocenters. The molecule has 6 nitrogen and oxygen atoms in total. The van der Waals surface area contributed by atoms with E-state index in [0.717, 1.165) is 11.1 Å². The number of carbonyl (C=O) groups excluding carboxylic acids is 1. The van der Waals surface area contributed by atoms with Gasteiger partial charge in [-0.25, -0.2) is 0 Å². The molecule has 3 rings (SSSR count). The molecule has 1 heterocycles. The summed E-state index contributed by atoms with van der Waals surface area (Å²) in [6.45, 7) is 5.60. The molecule has 1 aromatic heterocycles. The Labute approximate surface area is 165 Å². The van der Waals surface area contributed by atoms with E-state index in [4.69, 9.17) is 9.47 Å². The third kappa shape index (κ3) is 5.36. The number of hydrogen-bond acceptors (Lipinski definition) is 4. The summed E-state index contributed by atoms with van der Waals surface area (Å²) in [5.74, 6) is 1.75. The molecule has 0 unspecified atom stereocenters. The van der Waals surface area contributed by atoms with Gasteiger partial charge in [-0.2, -0.15) is 5.10 Å². The fourth-order valence-corrected chi connectivity index (χ4v) is 2.86. The minimum atomic E-state index is -0.128. The number of anilines is 1. The van der Waals surface area contributed by atoms with Gasteiger partial charge in [-0.1, -0.05) is 36.4 Å². The van der Waals surface area contributed by atoms with E-state index < -0.39 is 0 Å². The predicted octanol–water partition coefficient (Wildman–Crippen LogP) is 3.91. The Balaban J connectivity index is 1.60. The van der Waals surface area contributed by atoms with Crippen LogP contribution < -0.4 is 14.8 Å². The summed E-state index contributed by atoms with van der Waals surface area (Å²) in [5, 5.41) is 7.26. The Hall–Kier alpha value is -3.28. The van der Waals surface area contributed by atoms with Gasteiger partial charge < -0.3 is 14.8 Å². The van der Waals surface area contributed by atoms with Crippen LogP contribution in [0.1, 0.15) is 25.0 Å². The number of benzene rings is 2. The van der Waals surface area contributed by atoms with Crippen LogP contribution in [0.3, 0.4) is 0 Å². The number of carbonyl (C=O) groups is 1. The zero-order chi connectivity index (χ0) is 19.8. The quantitative estimate of drug-likeness (QED) is 0.612. The molecule has 0 aliphatic heterocycles. The van der Waals surface area contributed by atoms with Gasteiger partial charge in [0.05, 0.1) is 26.2 Å². The van der Waals surface area contributed by atoms with E-state index in [2.05, 4.69) is 10.4 Å². The molecule has 0 bridgehead atoms. The average Bonchev–Trinajstić information content (AvgIpc) is 3.11. The minimum Gasteiger partial charge on any atom is -0.490 e. The summed E-state index contributed by atoms with van der Waals surface area (Å²) in [5.41, 5.74) is 2.01. The number of ether oxygens (including phenoxy) is 2. The molecule has 0 radical (unpaired) electrons. The monoisotopic (exact) mass is 379 g/mol. The van der Waals surface area contributed by atoms with Gasteiger partial charge in [0, 0.05) is 12.3 Å². The maximum absolute atomic E-state index is 12.4. The van der Waals surface area contributed by atoms with Gasteiger partial charge in [0.1, 0.15) is 0 Å². The molecule has 1 N–H and O–H groups in total. The van der Waals surface area contributed by atoms with E-state index in [-0.39, 0.29) is 12.3 Å². The lowest BCUT2D eigenvalue weighted by Crippen LogP contribution is -2.15. The number of aromatic nitrogens is 2. The van der Waals surface area contributed by atoms with Gasteiger partial charge >= 0.3 is 0 Å². The second kappa shape index (κ2) is 9.60. The highest BCUT2D eigenvalue weighted by molar-refractivity contribution is 5.91. The Kier molecular flexibility index (Phi) is 6.68. The van der Waals surface area contributed by atoms with Crippen LogP contribution in [-0.4, -0.2) is 28.9 Å². The maximum atomic E-state index is 12.4. The van der Waals surface area contributed by atoms with Crippen LogP contribution in [0.15, 0.2) is 60.8 Å². The fraction of sp³-hybridized carbons (Fsp3) is 0.273. The summed E-state index contributed by atoms with van der Waals surface area (Å²) in [4.78, 5) is 12.4. The van der Waals surface area contributed by atoms with Crippen molar-refractivity contribution in [2.45, 2.75) is 26.8 Å². The van der Waals surface area contributed by atoms with Crippen molar-refractivity contribution in [2.24, 2.45) is 0 Å². The maximum Gasteiger partial charge on any atom is 0.229 e. The molecular formula is C22H25N3O3. The third-order valence-corrected chi connectivity index (χ3v) is 4.07. The van der Waals surface area contributed by atoms with E-state index in [9.17, 15) is 4.79 Å². The molecule has 146 valence electrons. The Morgan fingerprint density at radius 3 is 2.46 bits per heavy atom. The van der Waals surface area contributed by atoms with Crippen molar-refractivity contribution in [1.82, 2.24) is 9.78 Å². The van der Waals surface area contributed by atoms with Gasteiger partial charge in [0.25, 0.3) is 0 Å². The first-order chi connectivity index (χ1) is 13.7. The first kappa shape index (κ1) is 19.5. The summed E-state index contributed by atoms with van der Waals surface area (Å²) >= 11 is 0. The summed E-state index contributed by atoms with van der Waals surface area (Å²) in [7, 11) is 0. The molecular weight excluding hydrogens is 354 g/mol. The van der Waals surface area contributed by atoms with Gasteiger partial charge in [-0.15, -0.1) is 0 Å². The standard InChI is InChI=1S/C22H25N3O3/c1-3-27-19-11-10-18(14-20(19)28-4-2)15-22(26)23-21-12-13-25(24-21)16-17-8-6-5-7-9-17/h5-14H,3-4,15-16H2,1-2H3,(H,23,24,26). The summed E-state index contributed by atoms with van der Waals surface area (Å²) in [6.07, 6.45) is 2.09. The lowest BCUT2D eigenvalue weighted by molar-refractivity contribution is -0.115. The molecule has 1 amide bonds. The lowest BCUT2D eigenvalue weighted by Gasteiger charge is -2.12. The van der Waals surface area contributed by atoms with E-state index in [1.54, 1.807) is 10.7 Å². The van der Waals surface area contributed by atoms with Crippen LogP contribution in [0, 0.1) is 0 Å². The van der Waals surface area contributed by atoms with E-state index in [1.807, 2.05) is 68.6 Å². The van der Waals surface area contributed by atoms with Crippen LogP contribution in [-0.2, 0) is 17.8 Å². The van der Waals surface area contributed by atoms with Crippen molar-refractivity contribution in [1.29, 1.82) is 0 Å². The van der Waals surface area contributed by atoms with Crippen molar-refractivity contribution >= 4 is 11.7 Å². The highest BCUT2D eigenvalue weighted by Crippen LogP contribution is 2.28. The van der Waals surface area contributed by atoms with Gasteiger partial charge in [-0.05, 0) is 37.1 Å². The SMILES string of the molecule is CCOc1ccc(CC(=O)Nc2ccn(Cc3ccccc3)n2)cc1OCC. The molecule has 2 aromatic carbocycles. The van der Waals surface area contributed by atoms with Crippen molar-refractivity contribution in [3.05, 3.63) is 71.9 Å². The van der Waals surface area contributed by atoms with E-state index in [0.29, 0.717) is 37.1 Å². The fourth-order valence-electron chi connectivity index (χ4n) is 2.86. The van der Waals surface area contributed by atoms with Crippen LogP contribution >= 0.6 is 0 Å². The smallest absolute Gasteiger partial charge is 0.229 e. The van der Waals surface area contributed by atoms with E-state index in [1.165, 1.54) is 0 Å². The van der Waals surface area contributed by atoms with Crippen molar-refractivity contribution in [3.63, 3.8) is 0 Å². The average molecular weight is 379 g/mol. The Morgan fingerprint density at radius 2 is 1.71 bits per heavy atom. The Morgan fingerprint density at radius 1 is 0.964 bits per heavy atom. The van der Waals surface area contributed by atoms with Gasteiger partial charge in [0.15, 0.2) is 17.3 Å². The van der Waals surface area contributed by atoms with Crippen LogP contribution in [0.4, 0.5) is 5.82 Å². The van der Waals surface area contributed by atoms with E-state index >= 15 is 0 Å². The number of nitrogens with one attached hydrogen (secondary N) is 1. The van der Waals surface area contributed by atoms with Crippen LogP contribution in [0.2, 0.25) is 0 Å². The van der Waals surface area contributed by atoms with Crippen LogP contribution in [0.25, 0.3) is 0 Å². The summed E-state index contributed by atoms with van der Waals surface area (Å²) < 4.78 is 13.0. The van der Waals surface area contributed by atoms with Gasteiger partial charge in [0.2, 0.25) is 5.91 Å². The second-order valence-electron chi connectivity index (χ2n) is 6.26. The molecule has 0 fully saturated rings. The number of rotatable bonds is 9. The number of amides is 1. The first-order valence-electron chi connectivity index (χ1n) is 9.43. The zero-order valence-corrected chi connectivity index (χ0v) is 16.2. The van der Waals surface area contributed by atoms with Gasteiger partial charge in [-0.3, -0.25) is 9.48 Å². The van der Waals surface area contributed by atoms with Crippen molar-refractivity contribution in [3.8, 4) is 11.5 Å². The third-order valence-electron chi connectivity index (χ3n) is 4.07. The van der Waals surface area contributed by atoms with Crippen molar-refractivity contribution in [2.75, 3.05) is 18.5 Å². The molecule has 6 heteroatoms. The minimum absolute atomic E-state index is 0.128. The molecule has 0 aliphatic rings. The topological polar surface area (TPSA) is 65.4 Å². The molecule has 0 spiro atoms. The molecule has 0 saturated carbocycles. The largest absolute Gasteiger partial charge is 0.490 e. The second-order valence-corrected chi connectivity index (χ2v) is 6.26. The van der Waals surface area contributed by atoms with Crippen molar-refractivity contribution < 1.29 is 14.3 Å². The highest BCUT2D eigenvalue weighted by Gasteiger charge is 2.11. The lowest BCUT2D eigenvalue weighted by atomic mass is 10.1. The first-order valence-corrected chi connectivity index (χ1v) is 9.43. The number of nitrogens with zero attached hydrogens (tertiary/aromatic N) is 2. The highest BCUT2D eigenvalue weighted by atomic mass is 16.5. The molecule has 28 heavy (non-hydrogen) atoms. The zero-order valence-electron chi connectivity index (χ0n) is 16.2. The normalized spacial score (nSPS) is 10.5. The molecule has 0 aliphatic carbocycles. The molecule has 3 aromatic rings. The Bertz CT molecular complexity index is 906. The summed E-state index contributed by atoms with van der Waals surface area (Å²) in [6, 6.07) is 17.4. The molecule has 0 saturated heterocycles. The van der Waals surface area contributed by atoms with Crippen LogP contribution in [0.5, 0.6) is 11.5 Å². The predicted molar refractivity (Wildman–Crippen MR) is 109 cm³/mol. The number of hydrogen-bond donors (Lipinski definition) is 1.